The van der Waals surface area contributed by atoms with Crippen molar-refractivity contribution in [2.75, 3.05) is 18.5 Å². The summed E-state index contributed by atoms with van der Waals surface area (Å²) in [6.07, 6.45) is 1.83. The lowest BCUT2D eigenvalue weighted by atomic mass is 10.1. The van der Waals surface area contributed by atoms with Crippen molar-refractivity contribution in [2.24, 2.45) is 0 Å². The molecule has 29 heavy (non-hydrogen) atoms. The molecule has 0 saturated heterocycles. The van der Waals surface area contributed by atoms with Gasteiger partial charge in [0, 0.05) is 11.7 Å². The second-order valence-corrected chi connectivity index (χ2v) is 7.27. The van der Waals surface area contributed by atoms with E-state index in [0.717, 1.165) is 22.2 Å². The van der Waals surface area contributed by atoms with Crippen molar-refractivity contribution in [2.45, 2.75) is 27.3 Å². The first-order chi connectivity index (χ1) is 14.0. The molecule has 0 fully saturated rings. The van der Waals surface area contributed by atoms with Gasteiger partial charge in [0.15, 0.2) is 0 Å². The van der Waals surface area contributed by atoms with Crippen LogP contribution in [0.15, 0.2) is 36.5 Å². The molecule has 152 valence electrons. The normalized spacial score (nSPS) is 10.7. The smallest absolute Gasteiger partial charge is 0.348 e. The number of benzene rings is 1. The summed E-state index contributed by atoms with van der Waals surface area (Å²) >= 11 is 1.02. The van der Waals surface area contributed by atoms with Gasteiger partial charge in [-0.15, -0.1) is 11.3 Å². The molecular weight excluding hydrogens is 392 g/mol. The van der Waals surface area contributed by atoms with Gasteiger partial charge in [0.2, 0.25) is 5.91 Å². The van der Waals surface area contributed by atoms with E-state index in [1.54, 1.807) is 20.8 Å². The monoisotopic (exact) mass is 414 g/mol. The summed E-state index contributed by atoms with van der Waals surface area (Å²) in [7, 11) is 0. The Labute approximate surface area is 172 Å². The third-order valence-corrected chi connectivity index (χ3v) is 5.52. The topological polar surface area (TPSA) is 86.6 Å². The molecule has 0 bridgehead atoms. The second kappa shape index (κ2) is 8.91. The van der Waals surface area contributed by atoms with Gasteiger partial charge >= 0.3 is 11.9 Å². The van der Waals surface area contributed by atoms with Crippen LogP contribution in [-0.4, -0.2) is 35.6 Å². The number of nitrogens with one attached hydrogen (secondary N) is 1. The van der Waals surface area contributed by atoms with E-state index in [4.69, 9.17) is 9.47 Å². The summed E-state index contributed by atoms with van der Waals surface area (Å²) in [5.41, 5.74) is 1.56. The van der Waals surface area contributed by atoms with Crippen molar-refractivity contribution in [3.8, 4) is 0 Å². The standard InChI is InChI=1S/C21H22N2O5S/c1-4-27-20(25)17-13(3)18(21(26)28-5-2)29-19(17)22-16(24)12-23-11-10-14-8-6-7-9-15(14)23/h6-11H,4-5,12H2,1-3H3,(H,22,24). The van der Waals surface area contributed by atoms with Crippen molar-refractivity contribution in [1.82, 2.24) is 4.57 Å². The summed E-state index contributed by atoms with van der Waals surface area (Å²) in [6.45, 7) is 5.52. The van der Waals surface area contributed by atoms with Crippen LogP contribution in [0.5, 0.6) is 0 Å². The molecule has 7 nitrogen and oxygen atoms in total. The fraction of sp³-hybridized carbons (Fsp3) is 0.286. The number of anilines is 1. The Hall–Kier alpha value is -3.13. The van der Waals surface area contributed by atoms with Gasteiger partial charge in [-0.25, -0.2) is 9.59 Å². The minimum atomic E-state index is -0.585. The number of carbonyl (C=O) groups is 3. The Kier molecular flexibility index (Phi) is 6.33. The van der Waals surface area contributed by atoms with E-state index in [-0.39, 0.29) is 41.1 Å². The molecule has 3 aromatic rings. The van der Waals surface area contributed by atoms with E-state index in [9.17, 15) is 14.4 Å². The average molecular weight is 414 g/mol. The van der Waals surface area contributed by atoms with Crippen LogP contribution in [0, 0.1) is 6.92 Å². The number of thiophene rings is 1. The largest absolute Gasteiger partial charge is 0.462 e. The Morgan fingerprint density at radius 1 is 1.03 bits per heavy atom. The highest BCUT2D eigenvalue weighted by molar-refractivity contribution is 7.18. The van der Waals surface area contributed by atoms with Gasteiger partial charge in [0.05, 0.1) is 18.8 Å². The molecule has 3 rings (SSSR count). The van der Waals surface area contributed by atoms with E-state index in [2.05, 4.69) is 5.32 Å². The van der Waals surface area contributed by atoms with Gasteiger partial charge in [0.25, 0.3) is 0 Å². The summed E-state index contributed by atoms with van der Waals surface area (Å²) in [4.78, 5) is 37.6. The zero-order valence-corrected chi connectivity index (χ0v) is 17.3. The van der Waals surface area contributed by atoms with Crippen molar-refractivity contribution >= 4 is 45.1 Å². The zero-order valence-electron chi connectivity index (χ0n) is 16.5. The third-order valence-electron chi connectivity index (χ3n) is 4.33. The van der Waals surface area contributed by atoms with Crippen LogP contribution in [0.3, 0.4) is 0 Å². The molecular formula is C21H22N2O5S. The van der Waals surface area contributed by atoms with Crippen molar-refractivity contribution < 1.29 is 23.9 Å². The van der Waals surface area contributed by atoms with E-state index in [0.29, 0.717) is 5.56 Å². The van der Waals surface area contributed by atoms with Crippen LogP contribution in [0.25, 0.3) is 10.9 Å². The van der Waals surface area contributed by atoms with Crippen LogP contribution < -0.4 is 5.32 Å². The molecule has 2 aromatic heterocycles. The molecule has 0 aliphatic carbocycles. The number of fused-ring (bicyclic) bond motifs is 1. The van der Waals surface area contributed by atoms with Gasteiger partial charge in [-0.3, -0.25) is 4.79 Å². The lowest BCUT2D eigenvalue weighted by Crippen LogP contribution is -2.19. The first-order valence-corrected chi connectivity index (χ1v) is 10.1. The van der Waals surface area contributed by atoms with Gasteiger partial charge in [-0.2, -0.15) is 0 Å². The van der Waals surface area contributed by atoms with E-state index in [1.165, 1.54) is 0 Å². The third kappa shape index (κ3) is 4.32. The second-order valence-electron chi connectivity index (χ2n) is 6.25. The van der Waals surface area contributed by atoms with E-state index >= 15 is 0 Å². The first-order valence-electron chi connectivity index (χ1n) is 9.27. The predicted molar refractivity (Wildman–Crippen MR) is 112 cm³/mol. The number of amides is 1. The molecule has 1 aromatic carbocycles. The highest BCUT2D eigenvalue weighted by atomic mass is 32.1. The average Bonchev–Trinajstić information content (AvgIpc) is 3.23. The van der Waals surface area contributed by atoms with Crippen LogP contribution in [0.4, 0.5) is 5.00 Å². The minimum absolute atomic E-state index is 0.0709. The number of aromatic nitrogens is 1. The van der Waals surface area contributed by atoms with Crippen LogP contribution in [0.1, 0.15) is 39.4 Å². The summed E-state index contributed by atoms with van der Waals surface area (Å²) in [5.74, 6) is -1.43. The maximum Gasteiger partial charge on any atom is 0.348 e. The number of carbonyl (C=O) groups excluding carboxylic acids is 3. The van der Waals surface area contributed by atoms with Gasteiger partial charge in [-0.05, 0) is 43.9 Å². The fourth-order valence-corrected chi connectivity index (χ4v) is 4.15. The predicted octanol–water partition coefficient (Wildman–Crippen LogP) is 4.00. The number of rotatable bonds is 7. The van der Waals surface area contributed by atoms with Gasteiger partial charge in [0.1, 0.15) is 16.4 Å². The number of ether oxygens (including phenoxy) is 2. The van der Waals surface area contributed by atoms with Gasteiger partial charge in [-0.1, -0.05) is 18.2 Å². The van der Waals surface area contributed by atoms with E-state index < -0.39 is 11.9 Å². The van der Waals surface area contributed by atoms with Crippen LogP contribution in [-0.2, 0) is 20.8 Å². The zero-order chi connectivity index (χ0) is 21.0. The Balaban J connectivity index is 1.88. The van der Waals surface area contributed by atoms with Crippen LogP contribution in [0.2, 0.25) is 0 Å². The number of hydrogen-bond acceptors (Lipinski definition) is 6. The Bertz CT molecular complexity index is 1070. The quantitative estimate of drug-likeness (QED) is 0.591. The Morgan fingerprint density at radius 2 is 1.72 bits per heavy atom. The molecule has 1 amide bonds. The lowest BCUT2D eigenvalue weighted by molar-refractivity contribution is -0.116. The van der Waals surface area contributed by atoms with E-state index in [1.807, 2.05) is 41.1 Å². The maximum absolute atomic E-state index is 12.7. The summed E-state index contributed by atoms with van der Waals surface area (Å²) in [6, 6.07) is 9.67. The highest BCUT2D eigenvalue weighted by Gasteiger charge is 2.27. The number of para-hydroxylation sites is 1. The molecule has 8 heteroatoms. The van der Waals surface area contributed by atoms with Crippen molar-refractivity contribution in [3.63, 3.8) is 0 Å². The fourth-order valence-electron chi connectivity index (χ4n) is 3.04. The number of esters is 2. The summed E-state index contributed by atoms with van der Waals surface area (Å²) < 4.78 is 12.0. The van der Waals surface area contributed by atoms with Gasteiger partial charge < -0.3 is 19.4 Å². The minimum Gasteiger partial charge on any atom is -0.462 e. The lowest BCUT2D eigenvalue weighted by Gasteiger charge is -2.08. The molecule has 0 aliphatic rings. The molecule has 0 unspecified atom stereocenters. The van der Waals surface area contributed by atoms with Crippen molar-refractivity contribution in [3.05, 3.63) is 52.5 Å². The number of hydrogen-bond donors (Lipinski definition) is 1. The molecule has 0 radical (unpaired) electrons. The number of nitrogens with zero attached hydrogens (tertiary/aromatic N) is 1. The first kappa shape index (κ1) is 20.6. The highest BCUT2D eigenvalue weighted by Crippen LogP contribution is 2.34. The maximum atomic E-state index is 12.7. The van der Waals surface area contributed by atoms with Crippen molar-refractivity contribution in [1.29, 1.82) is 0 Å². The molecule has 0 atom stereocenters. The molecule has 0 aliphatic heterocycles. The SMILES string of the molecule is CCOC(=O)c1sc(NC(=O)Cn2ccc3ccccc32)c(C(=O)OCC)c1C. The summed E-state index contributed by atoms with van der Waals surface area (Å²) in [5, 5.41) is 4.08. The molecule has 2 heterocycles. The van der Waals surface area contributed by atoms with Crippen LogP contribution >= 0.6 is 11.3 Å². The molecule has 1 N–H and O–H groups in total. The molecule has 0 saturated carbocycles. The Morgan fingerprint density at radius 3 is 2.45 bits per heavy atom. The molecule has 0 spiro atoms.